The Hall–Kier alpha value is -2.74. The van der Waals surface area contributed by atoms with Crippen LogP contribution in [0.2, 0.25) is 0 Å². The summed E-state index contributed by atoms with van der Waals surface area (Å²) in [5.74, 6) is -0.544. The molecule has 2 amide bonds. The number of carbonyl (C=O) groups is 2. The van der Waals surface area contributed by atoms with Crippen LogP contribution in [0.3, 0.4) is 0 Å². The van der Waals surface area contributed by atoms with Crippen LogP contribution in [0, 0.1) is 0 Å². The molecule has 2 heterocycles. The molecule has 4 N–H and O–H groups in total. The molecule has 0 aliphatic carbocycles. The Morgan fingerprint density at radius 1 is 1.17 bits per heavy atom. The molecular formula is C16H20N6O2. The topological polar surface area (TPSA) is 120 Å². The van der Waals surface area contributed by atoms with Gasteiger partial charge in [0, 0.05) is 36.3 Å². The average Bonchev–Trinajstić information content (AvgIpc) is 3.23. The molecule has 1 saturated heterocycles. The van der Waals surface area contributed by atoms with Gasteiger partial charge in [0.05, 0.1) is 0 Å². The number of amides is 2. The minimum atomic E-state index is -0.409. The molecule has 24 heavy (non-hydrogen) atoms. The van der Waals surface area contributed by atoms with E-state index in [1.54, 1.807) is 40.3 Å². The highest BCUT2D eigenvalue weighted by atomic mass is 16.2. The average molecular weight is 328 g/mol. The van der Waals surface area contributed by atoms with Gasteiger partial charge in [0.25, 0.3) is 5.91 Å². The second-order valence-electron chi connectivity index (χ2n) is 5.92. The number of benzene rings is 1. The summed E-state index contributed by atoms with van der Waals surface area (Å²) < 4.78 is 1.72. The molecule has 8 nitrogen and oxygen atoms in total. The van der Waals surface area contributed by atoms with Crippen LogP contribution < -0.4 is 11.5 Å². The van der Waals surface area contributed by atoms with Gasteiger partial charge in [-0.15, -0.1) is 10.2 Å². The predicted octanol–water partition coefficient (Wildman–Crippen LogP) is 0.0746. The third-order valence-corrected chi connectivity index (χ3v) is 4.37. The molecule has 0 radical (unpaired) electrons. The van der Waals surface area contributed by atoms with Gasteiger partial charge in [0.1, 0.15) is 12.7 Å². The number of primary amides is 1. The first kappa shape index (κ1) is 16.1. The summed E-state index contributed by atoms with van der Waals surface area (Å²) in [7, 11) is 0. The number of rotatable bonds is 5. The highest BCUT2D eigenvalue weighted by molar-refractivity contribution is 5.95. The van der Waals surface area contributed by atoms with E-state index < -0.39 is 5.91 Å². The van der Waals surface area contributed by atoms with Crippen molar-refractivity contribution < 1.29 is 9.59 Å². The molecule has 1 aromatic carbocycles. The Balaban J connectivity index is 1.88. The zero-order chi connectivity index (χ0) is 17.1. The van der Waals surface area contributed by atoms with Crippen molar-refractivity contribution in [2.75, 3.05) is 6.54 Å². The molecule has 1 aliphatic rings. The zero-order valence-electron chi connectivity index (χ0n) is 13.2. The third kappa shape index (κ3) is 3.13. The van der Waals surface area contributed by atoms with Crippen LogP contribution in [-0.2, 0) is 4.79 Å². The van der Waals surface area contributed by atoms with Crippen LogP contribution in [-0.4, -0.2) is 50.1 Å². The number of hydrogen-bond acceptors (Lipinski definition) is 5. The lowest BCUT2D eigenvalue weighted by Crippen LogP contribution is -2.45. The maximum atomic E-state index is 13.0. The van der Waals surface area contributed by atoms with Crippen molar-refractivity contribution >= 4 is 11.8 Å². The van der Waals surface area contributed by atoms with E-state index in [0.29, 0.717) is 12.1 Å². The van der Waals surface area contributed by atoms with Gasteiger partial charge in [0.15, 0.2) is 0 Å². The Bertz CT molecular complexity index is 730. The fourth-order valence-electron chi connectivity index (χ4n) is 3.24. The van der Waals surface area contributed by atoms with E-state index in [4.69, 9.17) is 11.5 Å². The Labute approximate surface area is 139 Å². The van der Waals surface area contributed by atoms with E-state index in [1.165, 1.54) is 0 Å². The van der Waals surface area contributed by atoms with Crippen molar-refractivity contribution in [3.8, 4) is 5.69 Å². The van der Waals surface area contributed by atoms with Crippen molar-refractivity contribution in [3.05, 3.63) is 42.5 Å². The van der Waals surface area contributed by atoms with Crippen LogP contribution in [0.4, 0.5) is 0 Å². The van der Waals surface area contributed by atoms with Crippen LogP contribution in [0.1, 0.15) is 29.6 Å². The van der Waals surface area contributed by atoms with Crippen molar-refractivity contribution in [1.82, 2.24) is 19.7 Å². The molecule has 3 rings (SSSR count). The molecule has 1 aromatic heterocycles. The van der Waals surface area contributed by atoms with Crippen LogP contribution in [0.5, 0.6) is 0 Å². The van der Waals surface area contributed by atoms with E-state index in [-0.39, 0.29) is 24.4 Å². The lowest BCUT2D eigenvalue weighted by atomic mass is 10.1. The number of carbonyl (C=O) groups excluding carboxylic acids is 2. The SMILES string of the molecule is NC[C@@H]1CC[C@H](CC(N)=O)N1C(=O)c1cccc(-n2cnnc2)c1. The maximum Gasteiger partial charge on any atom is 0.254 e. The van der Waals surface area contributed by atoms with Crippen molar-refractivity contribution in [1.29, 1.82) is 0 Å². The first-order valence-corrected chi connectivity index (χ1v) is 7.86. The molecule has 2 aromatic rings. The Morgan fingerprint density at radius 3 is 2.54 bits per heavy atom. The normalized spacial score (nSPS) is 20.3. The summed E-state index contributed by atoms with van der Waals surface area (Å²) in [6.45, 7) is 0.367. The van der Waals surface area contributed by atoms with Gasteiger partial charge in [-0.05, 0) is 31.0 Å². The molecule has 8 heteroatoms. The predicted molar refractivity (Wildman–Crippen MR) is 87.2 cm³/mol. The minimum absolute atomic E-state index is 0.0691. The van der Waals surface area contributed by atoms with Crippen molar-refractivity contribution in [2.45, 2.75) is 31.3 Å². The number of aromatic nitrogens is 3. The lowest BCUT2D eigenvalue weighted by Gasteiger charge is -2.29. The summed E-state index contributed by atoms with van der Waals surface area (Å²) in [6.07, 6.45) is 4.82. The lowest BCUT2D eigenvalue weighted by molar-refractivity contribution is -0.118. The van der Waals surface area contributed by atoms with Gasteiger partial charge in [-0.2, -0.15) is 0 Å². The fraction of sp³-hybridized carbons (Fsp3) is 0.375. The standard InChI is InChI=1S/C16H20N6O2/c17-8-14-5-4-13(7-15(18)23)22(14)16(24)11-2-1-3-12(6-11)21-9-19-20-10-21/h1-3,6,9-10,13-14H,4-5,7-8,17H2,(H2,18,23)/t13-,14+/m1/s1. The minimum Gasteiger partial charge on any atom is -0.370 e. The quantitative estimate of drug-likeness (QED) is 0.805. The number of nitrogens with zero attached hydrogens (tertiary/aromatic N) is 4. The fourth-order valence-corrected chi connectivity index (χ4v) is 3.24. The molecule has 126 valence electrons. The molecule has 2 atom stereocenters. The van der Waals surface area contributed by atoms with Gasteiger partial charge in [0.2, 0.25) is 5.91 Å². The largest absolute Gasteiger partial charge is 0.370 e. The summed E-state index contributed by atoms with van der Waals surface area (Å²) in [5, 5.41) is 7.54. The van der Waals surface area contributed by atoms with Gasteiger partial charge < -0.3 is 16.4 Å². The molecular weight excluding hydrogens is 308 g/mol. The third-order valence-electron chi connectivity index (χ3n) is 4.37. The van der Waals surface area contributed by atoms with Gasteiger partial charge in [-0.1, -0.05) is 6.07 Å². The molecule has 1 fully saturated rings. The molecule has 0 unspecified atom stereocenters. The van der Waals surface area contributed by atoms with E-state index >= 15 is 0 Å². The second kappa shape index (κ2) is 6.79. The first-order valence-electron chi connectivity index (χ1n) is 7.86. The van der Waals surface area contributed by atoms with Crippen molar-refractivity contribution in [2.24, 2.45) is 11.5 Å². The van der Waals surface area contributed by atoms with E-state index in [0.717, 1.165) is 18.5 Å². The number of nitrogens with two attached hydrogens (primary N) is 2. The van der Waals surface area contributed by atoms with E-state index in [1.807, 2.05) is 6.07 Å². The Kier molecular flexibility index (Phi) is 4.57. The second-order valence-corrected chi connectivity index (χ2v) is 5.92. The van der Waals surface area contributed by atoms with Gasteiger partial charge in [-0.25, -0.2) is 0 Å². The highest BCUT2D eigenvalue weighted by Gasteiger charge is 2.37. The monoisotopic (exact) mass is 328 g/mol. The molecule has 0 bridgehead atoms. The van der Waals surface area contributed by atoms with Crippen LogP contribution in [0.25, 0.3) is 5.69 Å². The zero-order valence-corrected chi connectivity index (χ0v) is 13.2. The van der Waals surface area contributed by atoms with Crippen molar-refractivity contribution in [3.63, 3.8) is 0 Å². The van der Waals surface area contributed by atoms with Gasteiger partial charge >= 0.3 is 0 Å². The molecule has 0 spiro atoms. The maximum absolute atomic E-state index is 13.0. The van der Waals surface area contributed by atoms with Crippen LogP contribution in [0.15, 0.2) is 36.9 Å². The number of likely N-dealkylation sites (tertiary alicyclic amines) is 1. The van der Waals surface area contributed by atoms with Crippen LogP contribution >= 0.6 is 0 Å². The first-order chi connectivity index (χ1) is 11.6. The molecule has 1 aliphatic heterocycles. The smallest absolute Gasteiger partial charge is 0.254 e. The van der Waals surface area contributed by atoms with E-state index in [2.05, 4.69) is 10.2 Å². The summed E-state index contributed by atoms with van der Waals surface area (Å²) in [5.41, 5.74) is 12.5. The summed E-state index contributed by atoms with van der Waals surface area (Å²) in [6, 6.07) is 6.94. The highest BCUT2D eigenvalue weighted by Crippen LogP contribution is 2.28. The summed E-state index contributed by atoms with van der Waals surface area (Å²) in [4.78, 5) is 26.0. The van der Waals surface area contributed by atoms with Gasteiger partial charge in [-0.3, -0.25) is 14.2 Å². The number of hydrogen-bond donors (Lipinski definition) is 2. The summed E-state index contributed by atoms with van der Waals surface area (Å²) >= 11 is 0. The van der Waals surface area contributed by atoms with E-state index in [9.17, 15) is 9.59 Å². The Morgan fingerprint density at radius 2 is 1.88 bits per heavy atom. The molecule has 0 saturated carbocycles.